The second-order valence-electron chi connectivity index (χ2n) is 2.88. The Morgan fingerprint density at radius 1 is 1.54 bits per heavy atom. The molecule has 1 aromatic rings. The molecular formula is C7H8FNO2S2. The summed E-state index contributed by atoms with van der Waals surface area (Å²) in [7, 11) is -4.51. The first-order valence-electron chi connectivity index (χ1n) is 3.84. The van der Waals surface area contributed by atoms with Crippen LogP contribution in [0.25, 0.3) is 0 Å². The van der Waals surface area contributed by atoms with E-state index in [-0.39, 0.29) is 4.21 Å². The quantitative estimate of drug-likeness (QED) is 0.721. The van der Waals surface area contributed by atoms with E-state index in [9.17, 15) is 12.3 Å². The zero-order valence-electron chi connectivity index (χ0n) is 6.71. The summed E-state index contributed by atoms with van der Waals surface area (Å²) in [6.07, 6.45) is 0.787. The summed E-state index contributed by atoms with van der Waals surface area (Å²) in [5.74, 6) is 0. The van der Waals surface area contributed by atoms with Crippen LogP contribution in [0.4, 0.5) is 3.89 Å². The van der Waals surface area contributed by atoms with Crippen LogP contribution in [0.5, 0.6) is 0 Å². The minimum Gasteiger partial charge on any atom is -0.312 e. The molecule has 0 fully saturated rings. The van der Waals surface area contributed by atoms with Gasteiger partial charge in [-0.15, -0.1) is 11.3 Å². The number of halogens is 1. The molecule has 1 N–H and O–H groups in total. The van der Waals surface area contributed by atoms with Gasteiger partial charge in [-0.25, -0.2) is 0 Å². The number of thiophene rings is 1. The van der Waals surface area contributed by atoms with Gasteiger partial charge in [-0.2, -0.15) is 8.42 Å². The fourth-order valence-electron chi connectivity index (χ4n) is 1.35. The molecule has 1 aliphatic rings. The highest BCUT2D eigenvalue weighted by molar-refractivity contribution is 7.88. The average Bonchev–Trinajstić information content (AvgIpc) is 2.45. The van der Waals surface area contributed by atoms with Gasteiger partial charge in [-0.1, -0.05) is 3.89 Å². The Balaban J connectivity index is 2.47. The van der Waals surface area contributed by atoms with Crippen LogP contribution in [0.2, 0.25) is 0 Å². The second-order valence-corrected chi connectivity index (χ2v) is 5.59. The third-order valence-corrected chi connectivity index (χ3v) is 4.44. The minimum absolute atomic E-state index is 0.166. The third kappa shape index (κ3) is 1.74. The second kappa shape index (κ2) is 3.04. The van der Waals surface area contributed by atoms with Gasteiger partial charge in [0.05, 0.1) is 0 Å². The summed E-state index contributed by atoms with van der Waals surface area (Å²) in [4.78, 5) is 0.981. The molecule has 0 radical (unpaired) electrons. The van der Waals surface area contributed by atoms with Gasteiger partial charge in [-0.3, -0.25) is 0 Å². The lowest BCUT2D eigenvalue weighted by atomic mass is 10.1. The Morgan fingerprint density at radius 2 is 2.31 bits per heavy atom. The van der Waals surface area contributed by atoms with Crippen LogP contribution in [-0.2, 0) is 23.2 Å². The molecule has 0 aromatic carbocycles. The highest BCUT2D eigenvalue weighted by Gasteiger charge is 2.20. The fraction of sp³-hybridized carbons (Fsp3) is 0.429. The fourth-order valence-corrected chi connectivity index (χ4v) is 3.24. The lowest BCUT2D eigenvalue weighted by Crippen LogP contribution is -2.21. The van der Waals surface area contributed by atoms with Gasteiger partial charge in [0, 0.05) is 18.0 Å². The molecule has 6 heteroatoms. The van der Waals surface area contributed by atoms with Crippen LogP contribution >= 0.6 is 11.3 Å². The maximum absolute atomic E-state index is 12.6. The molecule has 0 atom stereocenters. The SMILES string of the molecule is O=S(=O)(F)c1cc2c(s1)CCNC2. The molecule has 2 rings (SSSR count). The van der Waals surface area contributed by atoms with E-state index in [4.69, 9.17) is 0 Å². The smallest absolute Gasteiger partial charge is 0.312 e. The number of hydrogen-bond acceptors (Lipinski definition) is 4. The number of rotatable bonds is 1. The summed E-state index contributed by atoms with van der Waals surface area (Å²) in [5, 5.41) is 3.10. The molecule has 72 valence electrons. The van der Waals surface area contributed by atoms with Crippen molar-refractivity contribution < 1.29 is 12.3 Å². The highest BCUT2D eigenvalue weighted by atomic mass is 32.3. The van der Waals surface area contributed by atoms with E-state index in [0.29, 0.717) is 6.54 Å². The van der Waals surface area contributed by atoms with Crippen LogP contribution in [0, 0.1) is 0 Å². The van der Waals surface area contributed by atoms with Gasteiger partial charge >= 0.3 is 10.2 Å². The van der Waals surface area contributed by atoms with Crippen LogP contribution in [-0.4, -0.2) is 15.0 Å². The molecular weight excluding hydrogens is 213 g/mol. The van der Waals surface area contributed by atoms with E-state index in [1.807, 2.05) is 0 Å². The molecule has 0 saturated carbocycles. The minimum atomic E-state index is -4.51. The summed E-state index contributed by atoms with van der Waals surface area (Å²) < 4.78 is 33.6. The normalized spacial score (nSPS) is 17.0. The zero-order chi connectivity index (χ0) is 9.47. The van der Waals surface area contributed by atoms with Crippen molar-refractivity contribution in [3.05, 3.63) is 16.5 Å². The van der Waals surface area contributed by atoms with E-state index >= 15 is 0 Å². The van der Waals surface area contributed by atoms with E-state index in [1.165, 1.54) is 6.07 Å². The molecule has 0 saturated heterocycles. The maximum atomic E-state index is 12.6. The Bertz CT molecular complexity index is 400. The third-order valence-electron chi connectivity index (χ3n) is 1.96. The van der Waals surface area contributed by atoms with Crippen molar-refractivity contribution in [1.29, 1.82) is 0 Å². The van der Waals surface area contributed by atoms with Crippen molar-refractivity contribution in [2.45, 2.75) is 17.2 Å². The van der Waals surface area contributed by atoms with Gasteiger partial charge in [0.1, 0.15) is 0 Å². The van der Waals surface area contributed by atoms with Crippen molar-refractivity contribution in [3.8, 4) is 0 Å². The molecule has 13 heavy (non-hydrogen) atoms. The van der Waals surface area contributed by atoms with Crippen molar-refractivity contribution in [3.63, 3.8) is 0 Å². The standard InChI is InChI=1S/C7H8FNO2S2/c8-13(10,11)7-3-5-4-9-2-1-6(5)12-7/h3,9H,1-2,4H2. The van der Waals surface area contributed by atoms with E-state index in [0.717, 1.165) is 34.7 Å². The van der Waals surface area contributed by atoms with Crippen LogP contribution in [0.15, 0.2) is 10.3 Å². The Hall–Kier alpha value is -0.460. The van der Waals surface area contributed by atoms with Crippen LogP contribution in [0.3, 0.4) is 0 Å². The monoisotopic (exact) mass is 221 g/mol. The van der Waals surface area contributed by atoms with Gasteiger partial charge in [0.25, 0.3) is 0 Å². The summed E-state index contributed by atoms with van der Waals surface area (Å²) in [5.41, 5.74) is 0.910. The van der Waals surface area contributed by atoms with Gasteiger partial charge in [-0.05, 0) is 18.1 Å². The average molecular weight is 221 g/mol. The van der Waals surface area contributed by atoms with Gasteiger partial charge in [0.15, 0.2) is 4.21 Å². The molecule has 1 aliphatic heterocycles. The largest absolute Gasteiger partial charge is 0.341 e. The van der Waals surface area contributed by atoms with E-state index in [2.05, 4.69) is 5.32 Å². The predicted octanol–water partition coefficient (Wildman–Crippen LogP) is 1.05. The number of nitrogens with one attached hydrogen (secondary N) is 1. The van der Waals surface area contributed by atoms with Crippen LogP contribution < -0.4 is 5.32 Å². The predicted molar refractivity (Wildman–Crippen MR) is 48.0 cm³/mol. The van der Waals surface area contributed by atoms with Crippen molar-refractivity contribution in [1.82, 2.24) is 5.32 Å². The highest BCUT2D eigenvalue weighted by Crippen LogP contribution is 2.29. The summed E-state index contributed by atoms with van der Waals surface area (Å²) in [6.45, 7) is 1.47. The van der Waals surface area contributed by atoms with Crippen molar-refractivity contribution in [2.24, 2.45) is 0 Å². The summed E-state index contributed by atoms with van der Waals surface area (Å²) >= 11 is 1.04. The van der Waals surface area contributed by atoms with E-state index in [1.54, 1.807) is 0 Å². The number of hydrogen-bond donors (Lipinski definition) is 1. The van der Waals surface area contributed by atoms with Gasteiger partial charge < -0.3 is 5.32 Å². The molecule has 1 aromatic heterocycles. The van der Waals surface area contributed by atoms with Crippen molar-refractivity contribution in [2.75, 3.05) is 6.54 Å². The van der Waals surface area contributed by atoms with Crippen molar-refractivity contribution >= 4 is 21.6 Å². The lowest BCUT2D eigenvalue weighted by molar-refractivity contribution is 0.554. The first-order valence-corrected chi connectivity index (χ1v) is 6.04. The van der Waals surface area contributed by atoms with Gasteiger partial charge in [0.2, 0.25) is 0 Å². The summed E-state index contributed by atoms with van der Waals surface area (Å²) in [6, 6.07) is 1.42. The molecule has 0 spiro atoms. The Kier molecular flexibility index (Phi) is 2.13. The number of fused-ring (bicyclic) bond motifs is 1. The Morgan fingerprint density at radius 3 is 2.92 bits per heavy atom. The van der Waals surface area contributed by atoms with Crippen LogP contribution in [0.1, 0.15) is 10.4 Å². The molecule has 0 unspecified atom stereocenters. The first kappa shape index (κ1) is 9.11. The molecule has 0 bridgehead atoms. The molecule has 0 amide bonds. The zero-order valence-corrected chi connectivity index (χ0v) is 8.34. The first-order chi connectivity index (χ1) is 6.07. The Labute approximate surface area is 79.8 Å². The maximum Gasteiger partial charge on any atom is 0.341 e. The molecule has 3 nitrogen and oxygen atoms in total. The van der Waals surface area contributed by atoms with E-state index < -0.39 is 10.2 Å². The lowest BCUT2D eigenvalue weighted by Gasteiger charge is -2.10. The topological polar surface area (TPSA) is 46.2 Å². The molecule has 2 heterocycles. The molecule has 0 aliphatic carbocycles.